The van der Waals surface area contributed by atoms with Crippen molar-refractivity contribution in [1.29, 1.82) is 0 Å². The number of carbonyl (C=O) groups is 1. The number of carbonyl (C=O) groups excluding carboxylic acids is 1. The predicted molar refractivity (Wildman–Crippen MR) is 106 cm³/mol. The van der Waals surface area contributed by atoms with Crippen LogP contribution in [0.1, 0.15) is 35.2 Å². The Hall–Kier alpha value is -2.19. The van der Waals surface area contributed by atoms with Crippen LogP contribution >= 0.6 is 0 Å². The molecule has 1 fully saturated rings. The Morgan fingerprint density at radius 3 is 2.56 bits per heavy atom. The van der Waals surface area contributed by atoms with Gasteiger partial charge in [-0.15, -0.1) is 0 Å². The summed E-state index contributed by atoms with van der Waals surface area (Å²) in [4.78, 5) is 17.3. The molecule has 3 heterocycles. The van der Waals surface area contributed by atoms with Crippen molar-refractivity contribution in [2.45, 2.75) is 27.2 Å². The molecule has 8 nitrogen and oxygen atoms in total. The molecule has 0 radical (unpaired) electrons. The number of piperazine rings is 1. The van der Waals surface area contributed by atoms with E-state index in [0.717, 1.165) is 68.3 Å². The predicted octanol–water partition coefficient (Wildman–Crippen LogP) is 1.18. The van der Waals surface area contributed by atoms with Crippen LogP contribution in [-0.2, 0) is 7.05 Å². The van der Waals surface area contributed by atoms with Gasteiger partial charge < -0.3 is 15.1 Å². The molecule has 2 aromatic rings. The van der Waals surface area contributed by atoms with Crippen LogP contribution in [0.5, 0.6) is 0 Å². The average Bonchev–Trinajstić information content (AvgIpc) is 3.24. The fourth-order valence-electron chi connectivity index (χ4n) is 3.64. The van der Waals surface area contributed by atoms with Gasteiger partial charge in [0.1, 0.15) is 5.69 Å². The van der Waals surface area contributed by atoms with E-state index in [1.54, 1.807) is 6.07 Å². The van der Waals surface area contributed by atoms with Crippen molar-refractivity contribution in [3.8, 4) is 11.3 Å². The van der Waals surface area contributed by atoms with Crippen molar-refractivity contribution in [3.05, 3.63) is 23.1 Å². The summed E-state index contributed by atoms with van der Waals surface area (Å²) in [5.41, 5.74) is 4.19. The van der Waals surface area contributed by atoms with Gasteiger partial charge >= 0.3 is 0 Å². The highest BCUT2D eigenvalue weighted by Crippen LogP contribution is 2.25. The Morgan fingerprint density at radius 2 is 1.93 bits per heavy atom. The highest BCUT2D eigenvalue weighted by atomic mass is 16.1. The van der Waals surface area contributed by atoms with E-state index < -0.39 is 0 Å². The van der Waals surface area contributed by atoms with Gasteiger partial charge in [0.2, 0.25) is 0 Å². The minimum Gasteiger partial charge on any atom is -0.351 e. The molecule has 3 rings (SSSR count). The molecule has 1 saturated heterocycles. The maximum Gasteiger partial charge on any atom is 0.269 e. The van der Waals surface area contributed by atoms with E-state index in [0.29, 0.717) is 12.2 Å². The van der Waals surface area contributed by atoms with Crippen molar-refractivity contribution in [2.75, 3.05) is 45.8 Å². The lowest BCUT2D eigenvalue weighted by molar-refractivity contribution is 0.0943. The second-order valence-electron chi connectivity index (χ2n) is 7.22. The Morgan fingerprint density at radius 1 is 1.22 bits per heavy atom. The number of likely N-dealkylation sites (N-methyl/N-ethyl adjacent to an activating group) is 1. The van der Waals surface area contributed by atoms with Crippen molar-refractivity contribution < 1.29 is 4.79 Å². The topological polar surface area (TPSA) is 82.1 Å². The third-order valence-electron chi connectivity index (χ3n) is 5.44. The summed E-state index contributed by atoms with van der Waals surface area (Å²) in [5.74, 6) is -0.108. The van der Waals surface area contributed by atoms with Crippen LogP contribution in [0.25, 0.3) is 11.3 Å². The molecule has 0 aliphatic carbocycles. The van der Waals surface area contributed by atoms with Crippen molar-refractivity contribution in [1.82, 2.24) is 35.1 Å². The van der Waals surface area contributed by atoms with Crippen molar-refractivity contribution in [2.24, 2.45) is 7.05 Å². The first-order valence-electron chi connectivity index (χ1n) is 9.78. The molecule has 1 aliphatic heterocycles. The normalized spacial score (nSPS) is 16.0. The molecule has 8 heteroatoms. The van der Waals surface area contributed by atoms with Crippen LogP contribution in [-0.4, -0.2) is 81.5 Å². The molecule has 0 spiro atoms. The van der Waals surface area contributed by atoms with Crippen molar-refractivity contribution >= 4 is 5.91 Å². The maximum atomic E-state index is 12.4. The Bertz CT molecular complexity index is 771. The van der Waals surface area contributed by atoms with Crippen molar-refractivity contribution in [3.63, 3.8) is 0 Å². The summed E-state index contributed by atoms with van der Waals surface area (Å²) in [6.45, 7) is 13.5. The van der Waals surface area contributed by atoms with Gasteiger partial charge in [-0.25, -0.2) is 0 Å². The number of aromatic amines is 1. The number of H-pyrrole nitrogens is 1. The molecule has 1 amide bonds. The van der Waals surface area contributed by atoms with E-state index in [1.165, 1.54) is 0 Å². The second-order valence-corrected chi connectivity index (χ2v) is 7.22. The van der Waals surface area contributed by atoms with Crippen LogP contribution in [0.4, 0.5) is 0 Å². The monoisotopic (exact) mass is 373 g/mol. The number of nitrogens with one attached hydrogen (secondary N) is 2. The van der Waals surface area contributed by atoms with E-state index in [1.807, 2.05) is 25.6 Å². The summed E-state index contributed by atoms with van der Waals surface area (Å²) in [6, 6.07) is 1.80. The maximum absolute atomic E-state index is 12.4. The van der Waals surface area contributed by atoms with Gasteiger partial charge in [0, 0.05) is 51.0 Å². The van der Waals surface area contributed by atoms with Gasteiger partial charge in [0.25, 0.3) is 5.91 Å². The zero-order valence-corrected chi connectivity index (χ0v) is 16.9. The lowest BCUT2D eigenvalue weighted by Crippen LogP contribution is -2.46. The summed E-state index contributed by atoms with van der Waals surface area (Å²) >= 11 is 0. The summed E-state index contributed by atoms with van der Waals surface area (Å²) in [7, 11) is 1.91. The molecule has 0 aromatic carbocycles. The molecule has 0 atom stereocenters. The second kappa shape index (κ2) is 8.67. The first kappa shape index (κ1) is 19.6. The standard InChI is InChI=1S/C19H31N7O/c1-5-25-9-11-26(12-10-25)8-6-7-20-19(27)17-13-16(21-22-17)18-14(2)23-24(4)15(18)3/h13H,5-12H2,1-4H3,(H,20,27)(H,21,22). The molecule has 1 aliphatic rings. The Kier molecular flexibility index (Phi) is 6.28. The smallest absolute Gasteiger partial charge is 0.269 e. The third-order valence-corrected chi connectivity index (χ3v) is 5.44. The number of hydrogen-bond acceptors (Lipinski definition) is 5. The van der Waals surface area contributed by atoms with E-state index in [4.69, 9.17) is 0 Å². The molecule has 2 N–H and O–H groups in total. The SMILES string of the molecule is CCN1CCN(CCCNC(=O)c2cc(-c3c(C)nn(C)c3C)n[nH]2)CC1. The molecular formula is C19H31N7O. The molecule has 0 unspecified atom stereocenters. The molecule has 0 saturated carbocycles. The molecule has 27 heavy (non-hydrogen) atoms. The van der Waals surface area contributed by atoms with E-state index in [9.17, 15) is 4.79 Å². The first-order chi connectivity index (χ1) is 13.0. The largest absolute Gasteiger partial charge is 0.351 e. The van der Waals surface area contributed by atoms with Crippen LogP contribution in [0.3, 0.4) is 0 Å². The third kappa shape index (κ3) is 4.56. The van der Waals surface area contributed by atoms with Gasteiger partial charge in [-0.1, -0.05) is 6.92 Å². The number of nitrogens with zero attached hydrogens (tertiary/aromatic N) is 5. The van der Waals surface area contributed by atoms with E-state index in [2.05, 4.69) is 37.3 Å². The van der Waals surface area contributed by atoms with Crippen LogP contribution in [0, 0.1) is 13.8 Å². The number of aromatic nitrogens is 4. The number of rotatable bonds is 7. The van der Waals surface area contributed by atoms with Gasteiger partial charge in [-0.3, -0.25) is 14.6 Å². The summed E-state index contributed by atoms with van der Waals surface area (Å²) in [6.07, 6.45) is 0.958. The van der Waals surface area contributed by atoms with Gasteiger partial charge in [0.15, 0.2) is 0 Å². The number of hydrogen-bond donors (Lipinski definition) is 2. The quantitative estimate of drug-likeness (QED) is 0.713. The fraction of sp³-hybridized carbons (Fsp3) is 0.632. The fourth-order valence-corrected chi connectivity index (χ4v) is 3.64. The lowest BCUT2D eigenvalue weighted by atomic mass is 10.1. The minimum atomic E-state index is -0.108. The zero-order chi connectivity index (χ0) is 19.4. The molecule has 2 aromatic heterocycles. The Labute approximate surface area is 160 Å². The molecule has 148 valence electrons. The van der Waals surface area contributed by atoms with Crippen LogP contribution < -0.4 is 5.32 Å². The number of aryl methyl sites for hydroxylation is 2. The van der Waals surface area contributed by atoms with Crippen LogP contribution in [0.15, 0.2) is 6.07 Å². The van der Waals surface area contributed by atoms with E-state index >= 15 is 0 Å². The van der Waals surface area contributed by atoms with Gasteiger partial charge in [-0.05, 0) is 39.4 Å². The van der Waals surface area contributed by atoms with Gasteiger partial charge in [0.05, 0.1) is 11.4 Å². The first-order valence-corrected chi connectivity index (χ1v) is 9.78. The highest BCUT2D eigenvalue weighted by Gasteiger charge is 2.18. The summed E-state index contributed by atoms with van der Waals surface area (Å²) < 4.78 is 1.83. The van der Waals surface area contributed by atoms with Gasteiger partial charge in [-0.2, -0.15) is 10.2 Å². The average molecular weight is 374 g/mol. The Balaban J connectivity index is 1.46. The summed E-state index contributed by atoms with van der Waals surface area (Å²) in [5, 5.41) is 14.6. The molecule has 0 bridgehead atoms. The van der Waals surface area contributed by atoms with E-state index in [-0.39, 0.29) is 5.91 Å². The lowest BCUT2D eigenvalue weighted by Gasteiger charge is -2.33. The molecular weight excluding hydrogens is 342 g/mol. The highest BCUT2D eigenvalue weighted by molar-refractivity contribution is 5.93. The number of amides is 1. The van der Waals surface area contributed by atoms with Crippen LogP contribution in [0.2, 0.25) is 0 Å². The zero-order valence-electron chi connectivity index (χ0n) is 16.9. The minimum absolute atomic E-state index is 0.108.